The number of hydrogen-bond acceptors (Lipinski definition) is 4. The van der Waals surface area contributed by atoms with Gasteiger partial charge in [-0.3, -0.25) is 9.59 Å². The van der Waals surface area contributed by atoms with Gasteiger partial charge in [-0.15, -0.1) is 11.6 Å². The van der Waals surface area contributed by atoms with E-state index in [1.54, 1.807) is 24.3 Å². The zero-order valence-electron chi connectivity index (χ0n) is 11.7. The highest BCUT2D eigenvalue weighted by molar-refractivity contribution is 6.18. The molecular formula is C14H17ClN2O5. The van der Waals surface area contributed by atoms with Gasteiger partial charge >= 0.3 is 11.9 Å². The van der Waals surface area contributed by atoms with Gasteiger partial charge in [-0.1, -0.05) is 12.1 Å². The first-order valence-corrected chi connectivity index (χ1v) is 7.13. The van der Waals surface area contributed by atoms with E-state index >= 15 is 0 Å². The van der Waals surface area contributed by atoms with Gasteiger partial charge in [0.05, 0.1) is 5.56 Å². The summed E-state index contributed by atoms with van der Waals surface area (Å²) in [6.07, 6.45) is -0.531. The molecule has 7 nitrogen and oxygen atoms in total. The maximum atomic E-state index is 12.2. The Morgan fingerprint density at radius 3 is 2.45 bits per heavy atom. The zero-order valence-corrected chi connectivity index (χ0v) is 12.5. The Kier molecular flexibility index (Phi) is 7.18. The number of alkyl halides is 1. The second-order valence-electron chi connectivity index (χ2n) is 4.46. The molecule has 1 aromatic rings. The van der Waals surface area contributed by atoms with E-state index in [-0.39, 0.29) is 18.4 Å². The summed E-state index contributed by atoms with van der Waals surface area (Å²) >= 11 is 5.58. The number of carboxylic acid groups (broad SMARTS) is 2. The Balaban J connectivity index is 2.81. The average Bonchev–Trinajstić information content (AvgIpc) is 2.48. The summed E-state index contributed by atoms with van der Waals surface area (Å²) in [4.78, 5) is 33.8. The van der Waals surface area contributed by atoms with Gasteiger partial charge in [0, 0.05) is 24.5 Å². The Bertz CT molecular complexity index is 550. The maximum absolute atomic E-state index is 12.2. The van der Waals surface area contributed by atoms with Gasteiger partial charge in [0.25, 0.3) is 5.91 Å². The molecule has 8 heteroatoms. The van der Waals surface area contributed by atoms with Crippen molar-refractivity contribution in [1.82, 2.24) is 5.32 Å². The summed E-state index contributed by atoms with van der Waals surface area (Å²) in [7, 11) is 0. The number of para-hydroxylation sites is 1. The number of anilines is 1. The molecule has 0 fully saturated rings. The summed E-state index contributed by atoms with van der Waals surface area (Å²) in [6.45, 7) is 0.452. The fourth-order valence-corrected chi connectivity index (χ4v) is 1.87. The first kappa shape index (κ1) is 17.8. The Morgan fingerprint density at radius 2 is 1.86 bits per heavy atom. The topological polar surface area (TPSA) is 116 Å². The number of carbonyl (C=O) groups is 3. The SMILES string of the molecule is O=C(O)CCC(NC(=O)c1ccccc1NCCCl)C(=O)O. The molecule has 1 atom stereocenters. The van der Waals surface area contributed by atoms with Crippen molar-refractivity contribution in [3.63, 3.8) is 0 Å². The molecule has 1 rings (SSSR count). The summed E-state index contributed by atoms with van der Waals surface area (Å²) in [5, 5.41) is 23.0. The maximum Gasteiger partial charge on any atom is 0.326 e. The van der Waals surface area contributed by atoms with Crippen LogP contribution in [0.15, 0.2) is 24.3 Å². The monoisotopic (exact) mass is 328 g/mol. The molecule has 0 heterocycles. The van der Waals surface area contributed by atoms with Crippen LogP contribution in [0.25, 0.3) is 0 Å². The molecule has 1 unspecified atom stereocenters. The Labute approximate surface area is 132 Å². The lowest BCUT2D eigenvalue weighted by molar-refractivity contribution is -0.140. The molecule has 0 saturated carbocycles. The van der Waals surface area contributed by atoms with Crippen molar-refractivity contribution < 1.29 is 24.6 Å². The fraction of sp³-hybridized carbons (Fsp3) is 0.357. The van der Waals surface area contributed by atoms with Gasteiger partial charge in [-0.25, -0.2) is 4.79 Å². The number of aliphatic carboxylic acids is 2. The van der Waals surface area contributed by atoms with Crippen LogP contribution in [0.3, 0.4) is 0 Å². The summed E-state index contributed by atoms with van der Waals surface area (Å²) in [5.74, 6) is -2.63. The van der Waals surface area contributed by atoms with Crippen molar-refractivity contribution in [3.05, 3.63) is 29.8 Å². The predicted octanol–water partition coefficient (Wildman–Crippen LogP) is 1.39. The highest BCUT2D eigenvalue weighted by Gasteiger charge is 2.22. The number of benzene rings is 1. The molecule has 0 bridgehead atoms. The lowest BCUT2D eigenvalue weighted by atomic mass is 10.1. The van der Waals surface area contributed by atoms with E-state index in [2.05, 4.69) is 10.6 Å². The van der Waals surface area contributed by atoms with Crippen LogP contribution in [0.4, 0.5) is 5.69 Å². The number of nitrogens with one attached hydrogen (secondary N) is 2. The predicted molar refractivity (Wildman–Crippen MR) is 81.4 cm³/mol. The van der Waals surface area contributed by atoms with Crippen LogP contribution in [0.5, 0.6) is 0 Å². The number of carboxylic acids is 2. The third-order valence-electron chi connectivity index (χ3n) is 2.83. The number of rotatable bonds is 9. The van der Waals surface area contributed by atoms with Gasteiger partial charge < -0.3 is 20.8 Å². The van der Waals surface area contributed by atoms with Crippen LogP contribution >= 0.6 is 11.6 Å². The highest BCUT2D eigenvalue weighted by Crippen LogP contribution is 2.15. The van der Waals surface area contributed by atoms with Crippen molar-refractivity contribution in [3.8, 4) is 0 Å². The molecule has 0 aromatic heterocycles. The fourth-order valence-electron chi connectivity index (χ4n) is 1.78. The number of carbonyl (C=O) groups excluding carboxylic acids is 1. The Hall–Kier alpha value is -2.28. The van der Waals surface area contributed by atoms with E-state index in [0.717, 1.165) is 0 Å². The minimum atomic E-state index is -1.28. The molecule has 0 radical (unpaired) electrons. The molecule has 120 valence electrons. The van der Waals surface area contributed by atoms with Gasteiger partial charge in [-0.2, -0.15) is 0 Å². The van der Waals surface area contributed by atoms with Crippen LogP contribution in [-0.4, -0.2) is 46.5 Å². The van der Waals surface area contributed by atoms with Gasteiger partial charge in [0.15, 0.2) is 0 Å². The summed E-state index contributed by atoms with van der Waals surface area (Å²) in [5.41, 5.74) is 0.803. The van der Waals surface area contributed by atoms with E-state index in [0.29, 0.717) is 18.1 Å². The molecule has 22 heavy (non-hydrogen) atoms. The van der Waals surface area contributed by atoms with Crippen molar-refractivity contribution in [1.29, 1.82) is 0 Å². The van der Waals surface area contributed by atoms with E-state index in [1.165, 1.54) is 0 Å². The summed E-state index contributed by atoms with van der Waals surface area (Å²) < 4.78 is 0. The molecular weight excluding hydrogens is 312 g/mol. The normalized spacial score (nSPS) is 11.5. The molecule has 1 aromatic carbocycles. The average molecular weight is 329 g/mol. The lowest BCUT2D eigenvalue weighted by Crippen LogP contribution is -2.41. The first-order chi connectivity index (χ1) is 10.5. The number of hydrogen-bond donors (Lipinski definition) is 4. The van der Waals surface area contributed by atoms with Crippen molar-refractivity contribution in [2.24, 2.45) is 0 Å². The minimum Gasteiger partial charge on any atom is -0.481 e. The van der Waals surface area contributed by atoms with Crippen molar-refractivity contribution in [2.45, 2.75) is 18.9 Å². The molecule has 0 spiro atoms. The van der Waals surface area contributed by atoms with E-state index < -0.39 is 23.9 Å². The van der Waals surface area contributed by atoms with E-state index in [1.807, 2.05) is 0 Å². The van der Waals surface area contributed by atoms with Crippen LogP contribution in [0, 0.1) is 0 Å². The lowest BCUT2D eigenvalue weighted by Gasteiger charge is -2.16. The highest BCUT2D eigenvalue weighted by atomic mass is 35.5. The van der Waals surface area contributed by atoms with Crippen LogP contribution in [0.2, 0.25) is 0 Å². The molecule has 4 N–H and O–H groups in total. The molecule has 0 saturated heterocycles. The third kappa shape index (κ3) is 5.61. The second kappa shape index (κ2) is 8.89. The van der Waals surface area contributed by atoms with Crippen molar-refractivity contribution >= 4 is 35.1 Å². The largest absolute Gasteiger partial charge is 0.481 e. The Morgan fingerprint density at radius 1 is 1.18 bits per heavy atom. The number of halogens is 1. The molecule has 0 aliphatic heterocycles. The number of amides is 1. The first-order valence-electron chi connectivity index (χ1n) is 6.60. The standard InChI is InChI=1S/C14H17ClN2O5/c15-7-8-16-10-4-2-1-3-9(10)13(20)17-11(14(21)22)5-6-12(18)19/h1-4,11,16H,5-8H2,(H,17,20)(H,18,19)(H,21,22). The quantitative estimate of drug-likeness (QED) is 0.509. The van der Waals surface area contributed by atoms with Gasteiger partial charge in [0.2, 0.25) is 0 Å². The van der Waals surface area contributed by atoms with Crippen molar-refractivity contribution in [2.75, 3.05) is 17.7 Å². The zero-order chi connectivity index (χ0) is 16.5. The van der Waals surface area contributed by atoms with Gasteiger partial charge in [0.1, 0.15) is 6.04 Å². The minimum absolute atomic E-state index is 0.187. The van der Waals surface area contributed by atoms with E-state index in [4.69, 9.17) is 21.8 Å². The smallest absolute Gasteiger partial charge is 0.326 e. The van der Waals surface area contributed by atoms with Crippen LogP contribution in [0.1, 0.15) is 23.2 Å². The third-order valence-corrected chi connectivity index (χ3v) is 3.02. The second-order valence-corrected chi connectivity index (χ2v) is 4.84. The summed E-state index contributed by atoms with van der Waals surface area (Å²) in [6, 6.07) is 5.33. The van der Waals surface area contributed by atoms with Gasteiger partial charge in [-0.05, 0) is 18.6 Å². The molecule has 0 aliphatic rings. The van der Waals surface area contributed by atoms with Crippen LogP contribution in [-0.2, 0) is 9.59 Å². The van der Waals surface area contributed by atoms with E-state index in [9.17, 15) is 14.4 Å². The molecule has 1 amide bonds. The van der Waals surface area contributed by atoms with Crippen LogP contribution < -0.4 is 10.6 Å². The molecule has 0 aliphatic carbocycles.